The molecule has 0 saturated heterocycles. The largest absolute Gasteiger partial charge is 0.508 e. The molecule has 96 valence electrons. The number of phenolic OH excluding ortho intramolecular Hbond substituents is 1. The van der Waals surface area contributed by atoms with Gasteiger partial charge in [0.1, 0.15) is 5.75 Å². The summed E-state index contributed by atoms with van der Waals surface area (Å²) in [7, 11) is 2.08. The second-order valence-corrected chi connectivity index (χ2v) is 5.48. The SMILES string of the molecule is CC(C)CCN(C)C(C)c1cc(Cl)ccc1O. The average Bonchev–Trinajstić information content (AvgIpc) is 2.28. The highest BCUT2D eigenvalue weighted by molar-refractivity contribution is 6.30. The average molecular weight is 256 g/mol. The van der Waals surface area contributed by atoms with Crippen molar-refractivity contribution in [1.29, 1.82) is 0 Å². The Balaban J connectivity index is 2.74. The number of aromatic hydroxyl groups is 1. The minimum absolute atomic E-state index is 0.174. The maximum absolute atomic E-state index is 9.85. The Labute approximate surface area is 109 Å². The molecule has 0 fully saturated rings. The van der Waals surface area contributed by atoms with Crippen LogP contribution < -0.4 is 0 Å². The summed E-state index contributed by atoms with van der Waals surface area (Å²) in [5, 5.41) is 10.5. The molecule has 2 nitrogen and oxygen atoms in total. The molecule has 1 aromatic rings. The number of halogens is 1. The predicted molar refractivity (Wildman–Crippen MR) is 73.6 cm³/mol. The van der Waals surface area contributed by atoms with Crippen LogP contribution in [0.1, 0.15) is 38.8 Å². The molecular weight excluding hydrogens is 234 g/mol. The van der Waals surface area contributed by atoms with Crippen LogP contribution in [0.5, 0.6) is 5.75 Å². The zero-order valence-corrected chi connectivity index (χ0v) is 11.8. The lowest BCUT2D eigenvalue weighted by Crippen LogP contribution is -2.24. The lowest BCUT2D eigenvalue weighted by atomic mass is 10.0. The van der Waals surface area contributed by atoms with Gasteiger partial charge in [-0.3, -0.25) is 4.90 Å². The minimum atomic E-state index is 0.174. The number of phenols is 1. The second-order valence-electron chi connectivity index (χ2n) is 5.04. The summed E-state index contributed by atoms with van der Waals surface area (Å²) in [4.78, 5) is 2.24. The van der Waals surface area contributed by atoms with E-state index in [1.165, 1.54) is 0 Å². The van der Waals surface area contributed by atoms with Crippen LogP contribution in [0.3, 0.4) is 0 Å². The molecule has 0 aliphatic heterocycles. The Morgan fingerprint density at radius 3 is 2.53 bits per heavy atom. The molecule has 1 aromatic carbocycles. The standard InChI is InChI=1S/C14H22ClNO/c1-10(2)7-8-16(4)11(3)13-9-12(15)5-6-14(13)17/h5-6,9-11,17H,7-8H2,1-4H3. The van der Waals surface area contributed by atoms with E-state index in [1.54, 1.807) is 12.1 Å². The van der Waals surface area contributed by atoms with Crippen LogP contribution in [0.15, 0.2) is 18.2 Å². The smallest absolute Gasteiger partial charge is 0.120 e. The summed E-state index contributed by atoms with van der Waals surface area (Å²) in [5.41, 5.74) is 0.892. The first-order valence-electron chi connectivity index (χ1n) is 6.10. The molecule has 0 aliphatic carbocycles. The molecule has 0 saturated carbocycles. The first kappa shape index (κ1) is 14.3. The maximum Gasteiger partial charge on any atom is 0.120 e. The summed E-state index contributed by atoms with van der Waals surface area (Å²) in [6, 6.07) is 5.38. The van der Waals surface area contributed by atoms with Gasteiger partial charge < -0.3 is 5.11 Å². The van der Waals surface area contributed by atoms with Crippen molar-refractivity contribution in [3.8, 4) is 5.75 Å². The Morgan fingerprint density at radius 2 is 1.94 bits per heavy atom. The molecule has 0 amide bonds. The third-order valence-electron chi connectivity index (χ3n) is 3.16. The molecule has 0 radical (unpaired) electrons. The van der Waals surface area contributed by atoms with Crippen LogP contribution in [0, 0.1) is 5.92 Å². The van der Waals surface area contributed by atoms with Crippen molar-refractivity contribution in [2.24, 2.45) is 5.92 Å². The molecule has 1 rings (SSSR count). The molecule has 0 bridgehead atoms. The molecule has 3 heteroatoms. The number of benzene rings is 1. The van der Waals surface area contributed by atoms with Crippen LogP contribution in [-0.4, -0.2) is 23.6 Å². The number of hydrogen-bond donors (Lipinski definition) is 1. The molecule has 1 atom stereocenters. The van der Waals surface area contributed by atoms with Crippen molar-refractivity contribution >= 4 is 11.6 Å². The summed E-state index contributed by atoms with van der Waals surface area (Å²) < 4.78 is 0. The van der Waals surface area contributed by atoms with E-state index in [0.29, 0.717) is 16.7 Å². The van der Waals surface area contributed by atoms with Gasteiger partial charge in [-0.25, -0.2) is 0 Å². The van der Waals surface area contributed by atoms with Gasteiger partial charge in [0.2, 0.25) is 0 Å². The van der Waals surface area contributed by atoms with E-state index in [1.807, 2.05) is 6.07 Å². The first-order chi connectivity index (χ1) is 7.91. The van der Waals surface area contributed by atoms with Crippen LogP contribution in [0.25, 0.3) is 0 Å². The van der Waals surface area contributed by atoms with Crippen molar-refractivity contribution in [2.75, 3.05) is 13.6 Å². The third-order valence-corrected chi connectivity index (χ3v) is 3.40. The molecule has 17 heavy (non-hydrogen) atoms. The Morgan fingerprint density at radius 1 is 1.29 bits per heavy atom. The van der Waals surface area contributed by atoms with E-state index in [-0.39, 0.29) is 6.04 Å². The van der Waals surface area contributed by atoms with E-state index >= 15 is 0 Å². The van der Waals surface area contributed by atoms with E-state index in [4.69, 9.17) is 11.6 Å². The van der Waals surface area contributed by atoms with Gasteiger partial charge in [-0.15, -0.1) is 0 Å². The molecular formula is C14H22ClNO. The van der Waals surface area contributed by atoms with Crippen molar-refractivity contribution in [3.05, 3.63) is 28.8 Å². The fraction of sp³-hybridized carbons (Fsp3) is 0.571. The second kappa shape index (κ2) is 6.27. The zero-order valence-electron chi connectivity index (χ0n) is 11.1. The zero-order chi connectivity index (χ0) is 13.0. The van der Waals surface area contributed by atoms with E-state index in [9.17, 15) is 5.11 Å². The highest BCUT2D eigenvalue weighted by Crippen LogP contribution is 2.30. The first-order valence-corrected chi connectivity index (χ1v) is 6.48. The number of nitrogens with zero attached hydrogens (tertiary/aromatic N) is 1. The number of rotatable bonds is 5. The van der Waals surface area contributed by atoms with Crippen molar-refractivity contribution in [3.63, 3.8) is 0 Å². The van der Waals surface area contributed by atoms with Gasteiger partial charge in [0, 0.05) is 16.6 Å². The van der Waals surface area contributed by atoms with Gasteiger partial charge in [0.15, 0.2) is 0 Å². The Kier molecular flexibility index (Phi) is 5.29. The van der Waals surface area contributed by atoms with E-state index < -0.39 is 0 Å². The third kappa shape index (κ3) is 4.21. The van der Waals surface area contributed by atoms with Gasteiger partial charge in [-0.05, 0) is 51.1 Å². The Hall–Kier alpha value is -0.730. The van der Waals surface area contributed by atoms with Crippen molar-refractivity contribution in [2.45, 2.75) is 33.2 Å². The highest BCUT2D eigenvalue weighted by atomic mass is 35.5. The lowest BCUT2D eigenvalue weighted by Gasteiger charge is -2.26. The topological polar surface area (TPSA) is 23.5 Å². The van der Waals surface area contributed by atoms with Crippen LogP contribution >= 0.6 is 11.6 Å². The van der Waals surface area contributed by atoms with E-state index in [0.717, 1.165) is 18.5 Å². The summed E-state index contributed by atoms with van der Waals surface area (Å²) in [6.45, 7) is 7.54. The van der Waals surface area contributed by atoms with Crippen LogP contribution in [-0.2, 0) is 0 Å². The summed E-state index contributed by atoms with van der Waals surface area (Å²) in [6.07, 6.45) is 1.15. The van der Waals surface area contributed by atoms with Gasteiger partial charge in [-0.1, -0.05) is 25.4 Å². The van der Waals surface area contributed by atoms with Gasteiger partial charge in [0.05, 0.1) is 0 Å². The van der Waals surface area contributed by atoms with Crippen molar-refractivity contribution in [1.82, 2.24) is 4.90 Å². The molecule has 1 N–H and O–H groups in total. The fourth-order valence-electron chi connectivity index (χ4n) is 1.75. The molecule has 1 unspecified atom stereocenters. The molecule has 0 heterocycles. The van der Waals surface area contributed by atoms with Crippen molar-refractivity contribution < 1.29 is 5.11 Å². The van der Waals surface area contributed by atoms with Crippen LogP contribution in [0.4, 0.5) is 0 Å². The van der Waals surface area contributed by atoms with Gasteiger partial charge >= 0.3 is 0 Å². The van der Waals surface area contributed by atoms with Gasteiger partial charge in [-0.2, -0.15) is 0 Å². The summed E-state index contributed by atoms with van der Waals surface area (Å²) >= 11 is 5.96. The fourth-order valence-corrected chi connectivity index (χ4v) is 1.93. The Bertz CT molecular complexity index is 365. The summed E-state index contributed by atoms with van der Waals surface area (Å²) in [5.74, 6) is 1.01. The molecule has 0 spiro atoms. The predicted octanol–water partition coefficient (Wildman–Crippen LogP) is 4.08. The van der Waals surface area contributed by atoms with E-state index in [2.05, 4.69) is 32.7 Å². The lowest BCUT2D eigenvalue weighted by molar-refractivity contribution is 0.242. The normalized spacial score (nSPS) is 13.4. The number of hydrogen-bond acceptors (Lipinski definition) is 2. The molecule has 0 aliphatic rings. The quantitative estimate of drug-likeness (QED) is 0.857. The monoisotopic (exact) mass is 255 g/mol. The minimum Gasteiger partial charge on any atom is -0.508 e. The van der Waals surface area contributed by atoms with Gasteiger partial charge in [0.25, 0.3) is 0 Å². The van der Waals surface area contributed by atoms with Crippen LogP contribution in [0.2, 0.25) is 5.02 Å². The highest BCUT2D eigenvalue weighted by Gasteiger charge is 2.15. The maximum atomic E-state index is 9.85. The molecule has 0 aromatic heterocycles.